The van der Waals surface area contributed by atoms with E-state index in [0.29, 0.717) is 29.5 Å². The van der Waals surface area contributed by atoms with Gasteiger partial charge in [-0.2, -0.15) is 0 Å². The van der Waals surface area contributed by atoms with Crippen LogP contribution in [0.3, 0.4) is 0 Å². The van der Waals surface area contributed by atoms with Gasteiger partial charge in [0, 0.05) is 8.99 Å². The molecule has 1 aromatic carbocycles. The van der Waals surface area contributed by atoms with E-state index in [0.717, 1.165) is 68.9 Å². The molecular weight excluding hydrogens is 619 g/mol. The Bertz CT molecular complexity index is 1340. The van der Waals surface area contributed by atoms with Crippen molar-refractivity contribution in [3.05, 3.63) is 51.1 Å². The first kappa shape index (κ1) is 29.6. The van der Waals surface area contributed by atoms with Gasteiger partial charge >= 0.3 is 5.97 Å². The summed E-state index contributed by atoms with van der Waals surface area (Å²) in [6.45, 7) is 18.6. The topological polar surface area (TPSA) is 54.4 Å². The number of rotatable bonds is 3. The predicted octanol–water partition coefficient (Wildman–Crippen LogP) is 9.60. The number of aliphatic carboxylic acids is 1. The third-order valence-corrected chi connectivity index (χ3v) is 14.9. The minimum Gasteiger partial charge on any atom is -0.481 e. The van der Waals surface area contributed by atoms with Crippen molar-refractivity contribution in [3.63, 3.8) is 0 Å². The zero-order valence-corrected chi connectivity index (χ0v) is 28.1. The van der Waals surface area contributed by atoms with Gasteiger partial charge in [-0.25, -0.2) is 0 Å². The number of ketones is 1. The van der Waals surface area contributed by atoms with Crippen LogP contribution in [0.25, 0.3) is 6.08 Å². The third-order valence-electron chi connectivity index (χ3n) is 14.3. The number of hydrogen-bond acceptors (Lipinski definition) is 2. The van der Waals surface area contributed by atoms with Crippen molar-refractivity contribution in [2.75, 3.05) is 0 Å². The number of benzene rings is 1. The molecule has 9 atom stereocenters. The molecule has 0 bridgehead atoms. The molecule has 5 saturated carbocycles. The third kappa shape index (κ3) is 3.93. The lowest BCUT2D eigenvalue weighted by Crippen LogP contribution is -2.67. The molecule has 3 nitrogen and oxygen atoms in total. The maximum Gasteiger partial charge on any atom is 0.309 e. The second-order valence-electron chi connectivity index (χ2n) is 16.1. The number of Topliss-reactive ketones (excluding diaryl/α,β-unsaturated/α-hetero) is 1. The lowest BCUT2D eigenvalue weighted by atomic mass is 9.32. The molecule has 1 N–H and O–H groups in total. The molecule has 1 aromatic rings. The highest BCUT2D eigenvalue weighted by atomic mass is 127. The molecule has 5 aliphatic rings. The molecule has 0 unspecified atom stereocenters. The molecule has 41 heavy (non-hydrogen) atoms. The Labute approximate surface area is 261 Å². The van der Waals surface area contributed by atoms with Gasteiger partial charge < -0.3 is 5.11 Å². The Balaban J connectivity index is 1.42. The van der Waals surface area contributed by atoms with Crippen molar-refractivity contribution >= 4 is 40.4 Å². The summed E-state index contributed by atoms with van der Waals surface area (Å²) in [6, 6.07) is 8.48. The zero-order valence-electron chi connectivity index (χ0n) is 26.0. The number of carbonyl (C=O) groups is 2. The van der Waals surface area contributed by atoms with E-state index in [4.69, 9.17) is 0 Å². The molecule has 0 saturated heterocycles. The van der Waals surface area contributed by atoms with E-state index in [-0.39, 0.29) is 27.6 Å². The van der Waals surface area contributed by atoms with E-state index in [1.54, 1.807) is 0 Å². The van der Waals surface area contributed by atoms with Gasteiger partial charge in [0.1, 0.15) is 0 Å². The molecule has 0 aliphatic heterocycles. The number of carboxylic acids is 1. The van der Waals surface area contributed by atoms with Crippen LogP contribution in [0.2, 0.25) is 0 Å². The average molecular weight is 669 g/mol. The van der Waals surface area contributed by atoms with Gasteiger partial charge in [-0.15, -0.1) is 0 Å². The molecule has 5 fully saturated rings. The van der Waals surface area contributed by atoms with E-state index >= 15 is 0 Å². The second kappa shape index (κ2) is 9.53. The minimum absolute atomic E-state index is 0.0386. The average Bonchev–Trinajstić information content (AvgIpc) is 3.29. The summed E-state index contributed by atoms with van der Waals surface area (Å²) in [5, 5.41) is 10.6. The van der Waals surface area contributed by atoms with E-state index < -0.39 is 11.4 Å². The highest BCUT2D eigenvalue weighted by Gasteiger charge is 2.72. The van der Waals surface area contributed by atoms with Crippen LogP contribution in [-0.2, 0) is 9.59 Å². The summed E-state index contributed by atoms with van der Waals surface area (Å²) in [5.74, 6) is 1.58. The molecule has 0 heterocycles. The normalized spacial score (nSPS) is 45.8. The molecule has 0 amide bonds. The van der Waals surface area contributed by atoms with Gasteiger partial charge in [-0.05, 0) is 162 Å². The standard InChI is InChI=1S/C37H49IO3/c1-22(2)26-13-16-37(32(40)41)18-17-35(6)27(30(26)37)11-12-29-34(5)21-24(19-23-9-8-10-25(38)20-23)31(39)33(3,4)28(34)14-15-36(29,35)7/h8-10,19-20,26-30H,1,11-18,21H2,2-7H3,(H,40,41)/b24-19-/t26-,27+,28+,29+,30+,34-,35+,36+,37-/m0/s1. The van der Waals surface area contributed by atoms with Crippen LogP contribution in [-0.4, -0.2) is 16.9 Å². The Morgan fingerprint density at radius 3 is 2.37 bits per heavy atom. The molecular formula is C37H49IO3. The fraction of sp³-hybridized carbons (Fsp3) is 0.676. The molecule has 6 rings (SSSR count). The summed E-state index contributed by atoms with van der Waals surface area (Å²) < 4.78 is 1.19. The lowest BCUT2D eigenvalue weighted by Gasteiger charge is -2.72. The summed E-state index contributed by atoms with van der Waals surface area (Å²) in [5.41, 5.74) is 2.59. The van der Waals surface area contributed by atoms with Crippen LogP contribution < -0.4 is 0 Å². The smallest absolute Gasteiger partial charge is 0.309 e. The maximum absolute atomic E-state index is 14.1. The van der Waals surface area contributed by atoms with Gasteiger partial charge in [0.2, 0.25) is 0 Å². The van der Waals surface area contributed by atoms with Gasteiger partial charge in [0.05, 0.1) is 5.41 Å². The van der Waals surface area contributed by atoms with Crippen molar-refractivity contribution < 1.29 is 14.7 Å². The molecule has 0 spiro atoms. The number of fused-ring (bicyclic) bond motifs is 7. The minimum atomic E-state index is -0.583. The number of hydrogen-bond donors (Lipinski definition) is 1. The van der Waals surface area contributed by atoms with Crippen LogP contribution in [0.15, 0.2) is 42.0 Å². The van der Waals surface area contributed by atoms with Gasteiger partial charge in [0.15, 0.2) is 5.78 Å². The number of carboxylic acid groups (broad SMARTS) is 1. The number of allylic oxidation sites excluding steroid dienone is 2. The fourth-order valence-corrected chi connectivity index (χ4v) is 12.9. The Morgan fingerprint density at radius 2 is 1.71 bits per heavy atom. The summed E-state index contributed by atoms with van der Waals surface area (Å²) in [7, 11) is 0. The Hall–Kier alpha value is -1.43. The van der Waals surface area contributed by atoms with Crippen molar-refractivity contribution in [2.24, 2.45) is 56.7 Å². The van der Waals surface area contributed by atoms with Crippen molar-refractivity contribution in [1.82, 2.24) is 0 Å². The maximum atomic E-state index is 14.1. The summed E-state index contributed by atoms with van der Waals surface area (Å²) >= 11 is 2.35. The first-order chi connectivity index (χ1) is 19.1. The van der Waals surface area contributed by atoms with Crippen molar-refractivity contribution in [3.8, 4) is 0 Å². The van der Waals surface area contributed by atoms with Gasteiger partial charge in [0.25, 0.3) is 0 Å². The van der Waals surface area contributed by atoms with Crippen molar-refractivity contribution in [2.45, 2.75) is 99.3 Å². The second-order valence-corrected chi connectivity index (χ2v) is 17.3. The predicted molar refractivity (Wildman–Crippen MR) is 174 cm³/mol. The molecule has 5 aliphatic carbocycles. The largest absolute Gasteiger partial charge is 0.481 e. The van der Waals surface area contributed by atoms with E-state index in [9.17, 15) is 14.7 Å². The monoisotopic (exact) mass is 668 g/mol. The summed E-state index contributed by atoms with van der Waals surface area (Å²) in [4.78, 5) is 27.0. The van der Waals surface area contributed by atoms with E-state index in [1.807, 2.05) is 0 Å². The van der Waals surface area contributed by atoms with E-state index in [1.165, 1.54) is 9.14 Å². The lowest BCUT2D eigenvalue weighted by molar-refractivity contribution is -0.231. The van der Waals surface area contributed by atoms with Crippen LogP contribution in [0, 0.1) is 60.2 Å². The van der Waals surface area contributed by atoms with Crippen LogP contribution in [0.1, 0.15) is 105 Å². The quantitative estimate of drug-likeness (QED) is 0.198. The molecule has 0 aromatic heterocycles. The van der Waals surface area contributed by atoms with Gasteiger partial charge in [-0.3, -0.25) is 9.59 Å². The zero-order chi connectivity index (χ0) is 29.8. The summed E-state index contributed by atoms with van der Waals surface area (Å²) in [6.07, 6.45) is 11.1. The molecule has 0 radical (unpaired) electrons. The molecule has 4 heteroatoms. The molecule has 222 valence electrons. The first-order valence-electron chi connectivity index (χ1n) is 16.0. The first-order valence-corrected chi connectivity index (χ1v) is 17.1. The van der Waals surface area contributed by atoms with Crippen LogP contribution >= 0.6 is 22.6 Å². The van der Waals surface area contributed by atoms with Gasteiger partial charge in [-0.1, -0.05) is 58.9 Å². The fourth-order valence-electron chi connectivity index (χ4n) is 12.3. The van der Waals surface area contributed by atoms with E-state index in [2.05, 4.69) is 101 Å². The number of carbonyl (C=O) groups excluding carboxylic acids is 1. The Kier molecular flexibility index (Phi) is 6.89. The number of halogens is 1. The highest BCUT2D eigenvalue weighted by molar-refractivity contribution is 14.1. The highest BCUT2D eigenvalue weighted by Crippen LogP contribution is 2.77. The van der Waals surface area contributed by atoms with Crippen LogP contribution in [0.4, 0.5) is 0 Å². The van der Waals surface area contributed by atoms with Crippen LogP contribution in [0.5, 0.6) is 0 Å². The Morgan fingerprint density at radius 1 is 0.976 bits per heavy atom. The van der Waals surface area contributed by atoms with Crippen molar-refractivity contribution in [1.29, 1.82) is 0 Å². The SMILES string of the molecule is C=C(C)[C@@H]1CC[C@]2(C(=O)O)CC[C@]3(C)[C@H](CC[C@@H]4[C@@]5(C)C/C(=C/c6cccc(I)c6)C(=O)C(C)(C)[C@H]5CC[C@]43C)[C@@H]12.